The lowest BCUT2D eigenvalue weighted by atomic mass is 10.1. The summed E-state index contributed by atoms with van der Waals surface area (Å²) in [6.45, 7) is 1.47. The molecule has 0 unspecified atom stereocenters. The topological polar surface area (TPSA) is 64.2 Å². The third-order valence-corrected chi connectivity index (χ3v) is 5.03. The van der Waals surface area contributed by atoms with Gasteiger partial charge in [0.05, 0.1) is 18.5 Å². The average Bonchev–Trinajstić information content (AvgIpc) is 3.36. The molecular formula is C16H16N4O2S. The first-order valence-electron chi connectivity index (χ1n) is 7.59. The van der Waals surface area contributed by atoms with E-state index in [-0.39, 0.29) is 11.9 Å². The Hall–Kier alpha value is -2.41. The molecule has 0 saturated carbocycles. The van der Waals surface area contributed by atoms with Gasteiger partial charge in [-0.25, -0.2) is 4.98 Å². The van der Waals surface area contributed by atoms with Gasteiger partial charge in [-0.2, -0.15) is 5.10 Å². The first kappa shape index (κ1) is 14.2. The number of aromatic nitrogens is 3. The van der Waals surface area contributed by atoms with E-state index in [4.69, 9.17) is 4.42 Å². The summed E-state index contributed by atoms with van der Waals surface area (Å²) >= 11 is 1.37. The fourth-order valence-electron chi connectivity index (χ4n) is 2.89. The summed E-state index contributed by atoms with van der Waals surface area (Å²) in [4.78, 5) is 19.6. The van der Waals surface area contributed by atoms with Gasteiger partial charge in [-0.1, -0.05) is 0 Å². The van der Waals surface area contributed by atoms with Crippen LogP contribution in [-0.4, -0.2) is 38.7 Å². The van der Waals surface area contributed by atoms with Crippen LogP contribution in [0.5, 0.6) is 0 Å². The summed E-state index contributed by atoms with van der Waals surface area (Å²) in [7, 11) is 0. The van der Waals surface area contributed by atoms with Gasteiger partial charge in [-0.05, 0) is 31.0 Å². The molecule has 23 heavy (non-hydrogen) atoms. The lowest BCUT2D eigenvalue weighted by Crippen LogP contribution is -2.40. The third kappa shape index (κ3) is 2.79. The number of rotatable bonds is 3. The Kier molecular flexibility index (Phi) is 3.70. The van der Waals surface area contributed by atoms with Crippen LogP contribution in [0.2, 0.25) is 0 Å². The molecule has 118 valence electrons. The van der Waals surface area contributed by atoms with Crippen molar-refractivity contribution in [3.05, 3.63) is 47.9 Å². The van der Waals surface area contributed by atoms with Crippen LogP contribution < -0.4 is 0 Å². The van der Waals surface area contributed by atoms with Crippen molar-refractivity contribution in [1.29, 1.82) is 0 Å². The highest BCUT2D eigenvalue weighted by Gasteiger charge is 2.27. The summed E-state index contributed by atoms with van der Waals surface area (Å²) < 4.78 is 7.28. The molecular weight excluding hydrogens is 312 g/mol. The van der Waals surface area contributed by atoms with E-state index in [0.717, 1.165) is 24.4 Å². The number of furan rings is 1. The van der Waals surface area contributed by atoms with E-state index in [9.17, 15) is 4.79 Å². The van der Waals surface area contributed by atoms with Crippen molar-refractivity contribution < 1.29 is 9.21 Å². The Morgan fingerprint density at radius 2 is 2.35 bits per heavy atom. The Morgan fingerprint density at radius 3 is 3.13 bits per heavy atom. The number of piperidine rings is 1. The smallest absolute Gasteiger partial charge is 0.265 e. The van der Waals surface area contributed by atoms with Crippen molar-refractivity contribution in [2.45, 2.75) is 18.9 Å². The van der Waals surface area contributed by atoms with E-state index >= 15 is 0 Å². The van der Waals surface area contributed by atoms with Crippen LogP contribution in [-0.2, 0) is 0 Å². The van der Waals surface area contributed by atoms with Gasteiger partial charge in [0, 0.05) is 25.5 Å². The monoisotopic (exact) mass is 328 g/mol. The van der Waals surface area contributed by atoms with Crippen molar-refractivity contribution >= 4 is 17.2 Å². The second-order valence-electron chi connectivity index (χ2n) is 5.54. The molecule has 0 aromatic carbocycles. The number of carbonyl (C=O) groups excluding carboxylic acids is 1. The molecule has 4 heterocycles. The van der Waals surface area contributed by atoms with E-state index in [0.29, 0.717) is 17.2 Å². The van der Waals surface area contributed by atoms with Crippen molar-refractivity contribution in [1.82, 2.24) is 19.7 Å². The Morgan fingerprint density at radius 1 is 1.39 bits per heavy atom. The largest absolute Gasteiger partial charge is 0.462 e. The Balaban J connectivity index is 1.50. The molecule has 3 aromatic heterocycles. The standard InChI is InChI=1S/C16H16N4O2S/c21-16(14-10-17-15(23-14)13-5-2-9-22-13)19-7-1-4-12(11-19)20-8-3-6-18-20/h2-3,5-6,8-10,12H,1,4,7,11H2/t12-/m1/s1. The lowest BCUT2D eigenvalue weighted by Gasteiger charge is -2.32. The first-order valence-corrected chi connectivity index (χ1v) is 8.41. The van der Waals surface area contributed by atoms with Crippen molar-refractivity contribution in [2.24, 2.45) is 0 Å². The number of likely N-dealkylation sites (tertiary alicyclic amines) is 1. The molecule has 0 aliphatic carbocycles. The lowest BCUT2D eigenvalue weighted by molar-refractivity contribution is 0.0677. The molecule has 0 spiro atoms. The zero-order valence-electron chi connectivity index (χ0n) is 12.5. The van der Waals surface area contributed by atoms with Crippen LogP contribution in [0.4, 0.5) is 0 Å². The van der Waals surface area contributed by atoms with Gasteiger partial charge in [-0.3, -0.25) is 9.48 Å². The normalized spacial score (nSPS) is 18.3. The fraction of sp³-hybridized carbons (Fsp3) is 0.312. The molecule has 0 N–H and O–H groups in total. The van der Waals surface area contributed by atoms with E-state index < -0.39 is 0 Å². The summed E-state index contributed by atoms with van der Waals surface area (Å²) in [5, 5.41) is 5.04. The van der Waals surface area contributed by atoms with Crippen LogP contribution in [0.1, 0.15) is 28.6 Å². The van der Waals surface area contributed by atoms with Crippen molar-refractivity contribution in [3.63, 3.8) is 0 Å². The molecule has 1 aliphatic heterocycles. The van der Waals surface area contributed by atoms with Gasteiger partial charge in [0.15, 0.2) is 10.8 Å². The SMILES string of the molecule is O=C(c1cnc(-c2ccco2)s1)N1CCC[C@@H](n2cccn2)C1. The quantitative estimate of drug-likeness (QED) is 0.741. The number of carbonyl (C=O) groups is 1. The zero-order chi connectivity index (χ0) is 15.6. The van der Waals surface area contributed by atoms with E-state index in [1.165, 1.54) is 11.3 Å². The molecule has 1 saturated heterocycles. The molecule has 1 atom stereocenters. The average molecular weight is 328 g/mol. The molecule has 3 aromatic rings. The molecule has 1 fully saturated rings. The summed E-state index contributed by atoms with van der Waals surface area (Å²) in [6.07, 6.45) is 9.02. The van der Waals surface area contributed by atoms with Gasteiger partial charge in [0.1, 0.15) is 4.88 Å². The Bertz CT molecular complexity index is 779. The first-order chi connectivity index (χ1) is 11.3. The summed E-state index contributed by atoms with van der Waals surface area (Å²) in [5.74, 6) is 0.735. The number of hydrogen-bond acceptors (Lipinski definition) is 5. The highest BCUT2D eigenvalue weighted by Crippen LogP contribution is 2.28. The fourth-order valence-corrected chi connectivity index (χ4v) is 3.75. The molecule has 0 bridgehead atoms. The third-order valence-electron chi connectivity index (χ3n) is 4.03. The highest BCUT2D eigenvalue weighted by molar-refractivity contribution is 7.16. The van der Waals surface area contributed by atoms with Crippen LogP contribution >= 0.6 is 11.3 Å². The van der Waals surface area contributed by atoms with Crippen molar-refractivity contribution in [2.75, 3.05) is 13.1 Å². The number of hydrogen-bond donors (Lipinski definition) is 0. The van der Waals surface area contributed by atoms with Gasteiger partial charge in [0.2, 0.25) is 0 Å². The zero-order valence-corrected chi connectivity index (χ0v) is 13.3. The molecule has 7 heteroatoms. The predicted molar refractivity (Wildman–Crippen MR) is 86.2 cm³/mol. The summed E-state index contributed by atoms with van der Waals surface area (Å²) in [6, 6.07) is 5.83. The predicted octanol–water partition coefficient (Wildman–Crippen LogP) is 3.08. The number of amides is 1. The molecule has 1 amide bonds. The van der Waals surface area contributed by atoms with Gasteiger partial charge >= 0.3 is 0 Å². The maximum atomic E-state index is 12.7. The molecule has 0 radical (unpaired) electrons. The minimum Gasteiger partial charge on any atom is -0.462 e. The van der Waals surface area contributed by atoms with Gasteiger partial charge < -0.3 is 9.32 Å². The van der Waals surface area contributed by atoms with E-state index in [2.05, 4.69) is 10.1 Å². The van der Waals surface area contributed by atoms with E-state index in [1.807, 2.05) is 34.0 Å². The van der Waals surface area contributed by atoms with Crippen LogP contribution in [0, 0.1) is 0 Å². The van der Waals surface area contributed by atoms with Gasteiger partial charge in [0.25, 0.3) is 5.91 Å². The number of nitrogens with zero attached hydrogens (tertiary/aromatic N) is 4. The van der Waals surface area contributed by atoms with Crippen molar-refractivity contribution in [3.8, 4) is 10.8 Å². The molecule has 1 aliphatic rings. The highest BCUT2D eigenvalue weighted by atomic mass is 32.1. The minimum absolute atomic E-state index is 0.0390. The van der Waals surface area contributed by atoms with E-state index in [1.54, 1.807) is 18.7 Å². The summed E-state index contributed by atoms with van der Waals surface area (Å²) in [5.41, 5.74) is 0. The second kappa shape index (κ2) is 6.00. The maximum absolute atomic E-state index is 12.7. The van der Waals surface area contributed by atoms with Crippen LogP contribution in [0.25, 0.3) is 10.8 Å². The van der Waals surface area contributed by atoms with Crippen LogP contribution in [0.15, 0.2) is 47.5 Å². The van der Waals surface area contributed by atoms with Crippen LogP contribution in [0.3, 0.4) is 0 Å². The minimum atomic E-state index is 0.0390. The van der Waals surface area contributed by atoms with Gasteiger partial charge in [-0.15, -0.1) is 11.3 Å². The second-order valence-corrected chi connectivity index (χ2v) is 6.57. The number of thiazole rings is 1. The molecule has 4 rings (SSSR count). The Labute approximate surface area is 137 Å². The maximum Gasteiger partial charge on any atom is 0.265 e. The molecule has 6 nitrogen and oxygen atoms in total.